The van der Waals surface area contributed by atoms with Crippen molar-refractivity contribution in [2.45, 2.75) is 57.5 Å². The monoisotopic (exact) mass is 194 g/mol. The Morgan fingerprint density at radius 2 is 1.43 bits per heavy atom. The Kier molecular flexibility index (Phi) is 2.31. The summed E-state index contributed by atoms with van der Waals surface area (Å²) in [6.07, 6.45) is 11.3. The predicted octanol–water partition coefficient (Wildman–Crippen LogP) is 2.97. The van der Waals surface area contributed by atoms with Gasteiger partial charge in [0.05, 0.1) is 6.10 Å². The highest BCUT2D eigenvalue weighted by Crippen LogP contribution is 2.53. The summed E-state index contributed by atoms with van der Waals surface area (Å²) < 4.78 is 0. The first-order valence-electron chi connectivity index (χ1n) is 6.54. The molecule has 3 rings (SSSR count). The molecule has 0 spiro atoms. The number of hydrogen-bond acceptors (Lipinski definition) is 1. The molecule has 2 bridgehead atoms. The van der Waals surface area contributed by atoms with Gasteiger partial charge < -0.3 is 5.11 Å². The van der Waals surface area contributed by atoms with Crippen LogP contribution in [0.1, 0.15) is 51.4 Å². The van der Waals surface area contributed by atoms with Crippen molar-refractivity contribution in [3.8, 4) is 0 Å². The quantitative estimate of drug-likeness (QED) is 0.680. The molecular formula is C13H22O. The summed E-state index contributed by atoms with van der Waals surface area (Å²) in [4.78, 5) is 0. The van der Waals surface area contributed by atoms with E-state index in [2.05, 4.69) is 0 Å². The van der Waals surface area contributed by atoms with Crippen molar-refractivity contribution >= 4 is 0 Å². The molecule has 0 heterocycles. The second-order valence-corrected chi connectivity index (χ2v) is 5.80. The minimum atomic E-state index is 0.0804. The van der Waals surface area contributed by atoms with E-state index in [-0.39, 0.29) is 6.10 Å². The molecule has 0 aliphatic heterocycles. The van der Waals surface area contributed by atoms with Gasteiger partial charge in [0.25, 0.3) is 0 Å². The van der Waals surface area contributed by atoms with E-state index in [4.69, 9.17) is 0 Å². The SMILES string of the molecule is O[C@H]1[C@H]2CC[C@H](C2)[C@@H]1C1CCCCC1. The molecule has 3 fully saturated rings. The van der Waals surface area contributed by atoms with E-state index in [1.165, 1.54) is 51.4 Å². The lowest BCUT2D eigenvalue weighted by atomic mass is 9.71. The molecule has 3 aliphatic rings. The topological polar surface area (TPSA) is 20.2 Å². The standard InChI is InChI=1S/C13H22O/c14-13-11-7-6-10(8-11)12(13)9-4-2-1-3-5-9/h9-14H,1-8H2/t10-,11+,12+,13+/m1/s1. The van der Waals surface area contributed by atoms with Crippen LogP contribution in [0.3, 0.4) is 0 Å². The van der Waals surface area contributed by atoms with Crippen molar-refractivity contribution in [1.82, 2.24) is 0 Å². The summed E-state index contributed by atoms with van der Waals surface area (Å²) in [5.41, 5.74) is 0. The maximum absolute atomic E-state index is 10.2. The van der Waals surface area contributed by atoms with E-state index >= 15 is 0 Å². The van der Waals surface area contributed by atoms with Crippen LogP contribution in [0.4, 0.5) is 0 Å². The molecular weight excluding hydrogens is 172 g/mol. The summed E-state index contributed by atoms with van der Waals surface area (Å²) in [5.74, 6) is 3.17. The van der Waals surface area contributed by atoms with Crippen LogP contribution in [0.2, 0.25) is 0 Å². The number of hydrogen-bond donors (Lipinski definition) is 1. The summed E-state index contributed by atoms with van der Waals surface area (Å²) in [5, 5.41) is 10.2. The molecule has 0 radical (unpaired) electrons. The lowest BCUT2D eigenvalue weighted by Crippen LogP contribution is -2.34. The van der Waals surface area contributed by atoms with Gasteiger partial charge in [0, 0.05) is 0 Å². The lowest BCUT2D eigenvalue weighted by molar-refractivity contribution is 0.0174. The van der Waals surface area contributed by atoms with Crippen molar-refractivity contribution in [2.24, 2.45) is 23.7 Å². The van der Waals surface area contributed by atoms with E-state index in [1.807, 2.05) is 0 Å². The van der Waals surface area contributed by atoms with Gasteiger partial charge in [0.15, 0.2) is 0 Å². The molecule has 0 aromatic carbocycles. The zero-order chi connectivity index (χ0) is 9.54. The van der Waals surface area contributed by atoms with Gasteiger partial charge in [-0.15, -0.1) is 0 Å². The second-order valence-electron chi connectivity index (χ2n) is 5.80. The van der Waals surface area contributed by atoms with Crippen LogP contribution < -0.4 is 0 Å². The molecule has 0 amide bonds. The molecule has 1 N–H and O–H groups in total. The van der Waals surface area contributed by atoms with Gasteiger partial charge in [-0.05, 0) is 42.9 Å². The third-order valence-electron chi connectivity index (χ3n) is 5.13. The van der Waals surface area contributed by atoms with Gasteiger partial charge in [-0.2, -0.15) is 0 Å². The first-order valence-corrected chi connectivity index (χ1v) is 6.54. The van der Waals surface area contributed by atoms with Gasteiger partial charge in [0.1, 0.15) is 0 Å². The normalized spacial score (nSPS) is 48.6. The molecule has 0 saturated heterocycles. The number of aliphatic hydroxyl groups excluding tert-OH is 1. The molecule has 0 unspecified atom stereocenters. The first-order chi connectivity index (χ1) is 6.86. The van der Waals surface area contributed by atoms with Gasteiger partial charge in [-0.25, -0.2) is 0 Å². The Hall–Kier alpha value is -0.0400. The van der Waals surface area contributed by atoms with E-state index in [1.54, 1.807) is 0 Å². The minimum absolute atomic E-state index is 0.0804. The molecule has 3 saturated carbocycles. The van der Waals surface area contributed by atoms with Gasteiger partial charge in [0.2, 0.25) is 0 Å². The Labute approximate surface area is 86.9 Å². The maximum atomic E-state index is 10.2. The third-order valence-corrected chi connectivity index (χ3v) is 5.13. The molecule has 0 aromatic rings. The fourth-order valence-corrected chi connectivity index (χ4v) is 4.49. The zero-order valence-corrected chi connectivity index (χ0v) is 8.99. The van der Waals surface area contributed by atoms with Crippen LogP contribution in [0.15, 0.2) is 0 Å². The molecule has 1 heteroatoms. The highest BCUT2D eigenvalue weighted by molar-refractivity contribution is 4.99. The average Bonchev–Trinajstić information content (AvgIpc) is 2.79. The Bertz CT molecular complexity index is 205. The highest BCUT2D eigenvalue weighted by Gasteiger charge is 2.49. The zero-order valence-electron chi connectivity index (χ0n) is 8.99. The largest absolute Gasteiger partial charge is 0.393 e. The van der Waals surface area contributed by atoms with Gasteiger partial charge in [-0.1, -0.05) is 32.1 Å². The smallest absolute Gasteiger partial charge is 0.0601 e. The van der Waals surface area contributed by atoms with Crippen molar-refractivity contribution in [3.05, 3.63) is 0 Å². The van der Waals surface area contributed by atoms with Crippen LogP contribution in [0.25, 0.3) is 0 Å². The average molecular weight is 194 g/mol. The van der Waals surface area contributed by atoms with Crippen LogP contribution in [0, 0.1) is 23.7 Å². The van der Waals surface area contributed by atoms with E-state index < -0.39 is 0 Å². The summed E-state index contributed by atoms with van der Waals surface area (Å²) in [6.45, 7) is 0. The fraction of sp³-hybridized carbons (Fsp3) is 1.00. The molecule has 1 nitrogen and oxygen atoms in total. The number of aliphatic hydroxyl groups is 1. The Morgan fingerprint density at radius 3 is 2.07 bits per heavy atom. The highest BCUT2D eigenvalue weighted by atomic mass is 16.3. The number of rotatable bonds is 1. The van der Waals surface area contributed by atoms with Crippen molar-refractivity contribution < 1.29 is 5.11 Å². The third kappa shape index (κ3) is 1.32. The van der Waals surface area contributed by atoms with E-state index in [0.717, 1.165) is 11.8 Å². The van der Waals surface area contributed by atoms with E-state index in [9.17, 15) is 5.11 Å². The van der Waals surface area contributed by atoms with Crippen LogP contribution in [-0.2, 0) is 0 Å². The van der Waals surface area contributed by atoms with Crippen LogP contribution >= 0.6 is 0 Å². The van der Waals surface area contributed by atoms with Gasteiger partial charge in [-0.3, -0.25) is 0 Å². The molecule has 14 heavy (non-hydrogen) atoms. The van der Waals surface area contributed by atoms with Crippen LogP contribution in [-0.4, -0.2) is 11.2 Å². The maximum Gasteiger partial charge on any atom is 0.0601 e. The van der Waals surface area contributed by atoms with Crippen molar-refractivity contribution in [3.63, 3.8) is 0 Å². The minimum Gasteiger partial charge on any atom is -0.393 e. The van der Waals surface area contributed by atoms with Crippen LogP contribution in [0.5, 0.6) is 0 Å². The van der Waals surface area contributed by atoms with E-state index in [0.29, 0.717) is 11.8 Å². The fourth-order valence-electron chi connectivity index (χ4n) is 4.49. The second kappa shape index (κ2) is 3.52. The molecule has 3 aliphatic carbocycles. The van der Waals surface area contributed by atoms with Crippen molar-refractivity contribution in [1.29, 1.82) is 0 Å². The summed E-state index contributed by atoms with van der Waals surface area (Å²) >= 11 is 0. The number of fused-ring (bicyclic) bond motifs is 2. The summed E-state index contributed by atoms with van der Waals surface area (Å²) in [6, 6.07) is 0. The Balaban J connectivity index is 1.71. The summed E-state index contributed by atoms with van der Waals surface area (Å²) in [7, 11) is 0. The predicted molar refractivity (Wildman–Crippen MR) is 56.9 cm³/mol. The molecule has 4 atom stereocenters. The molecule has 80 valence electrons. The van der Waals surface area contributed by atoms with Crippen molar-refractivity contribution in [2.75, 3.05) is 0 Å². The lowest BCUT2D eigenvalue weighted by Gasteiger charge is -2.36. The van der Waals surface area contributed by atoms with Gasteiger partial charge >= 0.3 is 0 Å². The Morgan fingerprint density at radius 1 is 0.714 bits per heavy atom. The molecule has 0 aromatic heterocycles. The first kappa shape index (κ1) is 9.21.